The van der Waals surface area contributed by atoms with Crippen molar-refractivity contribution >= 4 is 14.3 Å². The molecule has 0 spiro atoms. The molecule has 0 radical (unpaired) electrons. The first-order valence-corrected chi connectivity index (χ1v) is 5.96. The Kier molecular flexibility index (Phi) is 4.28. The van der Waals surface area contributed by atoms with E-state index < -0.39 is 0 Å². The van der Waals surface area contributed by atoms with Crippen molar-refractivity contribution in [1.29, 1.82) is 0 Å². The molecule has 15 heavy (non-hydrogen) atoms. The van der Waals surface area contributed by atoms with Crippen LogP contribution in [0.3, 0.4) is 0 Å². The van der Waals surface area contributed by atoms with Crippen molar-refractivity contribution in [1.82, 2.24) is 0 Å². The Morgan fingerprint density at radius 1 is 1.27 bits per heavy atom. The summed E-state index contributed by atoms with van der Waals surface area (Å²) in [6, 6.07) is 9.73. The Balaban J connectivity index is 2.35. The van der Waals surface area contributed by atoms with Gasteiger partial charge in [-0.05, 0) is 10.7 Å². The molecule has 0 heterocycles. The molecule has 0 bridgehead atoms. The van der Waals surface area contributed by atoms with Gasteiger partial charge in [0.1, 0.15) is 6.61 Å². The topological polar surface area (TPSA) is 26.3 Å². The fraction of sp³-hybridized carbons (Fsp3) is 0.417. The predicted octanol–water partition coefficient (Wildman–Crippen LogP) is 3.80. The van der Waals surface area contributed by atoms with Gasteiger partial charge in [0.05, 0.1) is 0 Å². The Morgan fingerprint density at radius 2 is 1.87 bits per heavy atom. The first-order valence-electron chi connectivity index (χ1n) is 4.96. The van der Waals surface area contributed by atoms with E-state index >= 15 is 0 Å². The molecular weight excluding hydrogens is 207 g/mol. The summed E-state index contributed by atoms with van der Waals surface area (Å²) in [5.41, 5.74) is 0.927. The highest BCUT2D eigenvalue weighted by Crippen LogP contribution is 2.32. The molecule has 0 N–H and O–H groups in total. The fourth-order valence-electron chi connectivity index (χ4n) is 1.07. The van der Waals surface area contributed by atoms with Crippen LogP contribution in [0.1, 0.15) is 26.3 Å². The molecule has 1 aromatic carbocycles. The van der Waals surface area contributed by atoms with Gasteiger partial charge in [-0.2, -0.15) is 0 Å². The van der Waals surface area contributed by atoms with E-state index in [-0.39, 0.29) is 19.4 Å². The van der Waals surface area contributed by atoms with Crippen LogP contribution in [-0.2, 0) is 11.3 Å². The first kappa shape index (κ1) is 12.2. The third kappa shape index (κ3) is 5.54. The lowest BCUT2D eigenvalue weighted by Crippen LogP contribution is -2.10. The maximum absolute atomic E-state index is 11.4. The summed E-state index contributed by atoms with van der Waals surface area (Å²) in [7, 11) is 0.206. The summed E-state index contributed by atoms with van der Waals surface area (Å²) < 4.78 is 5.18. The SMILES string of the molecule is CC(C)(C)PC(=O)OCc1ccccc1. The third-order valence-electron chi connectivity index (χ3n) is 1.69. The van der Waals surface area contributed by atoms with E-state index in [9.17, 15) is 4.79 Å². The highest BCUT2D eigenvalue weighted by molar-refractivity contribution is 7.58. The normalized spacial score (nSPS) is 11.9. The van der Waals surface area contributed by atoms with E-state index in [1.807, 2.05) is 51.1 Å². The van der Waals surface area contributed by atoms with Crippen LogP contribution in [0, 0.1) is 0 Å². The van der Waals surface area contributed by atoms with Crippen molar-refractivity contribution in [3.05, 3.63) is 35.9 Å². The van der Waals surface area contributed by atoms with Gasteiger partial charge < -0.3 is 4.74 Å². The Morgan fingerprint density at radius 3 is 2.40 bits per heavy atom. The lowest BCUT2D eigenvalue weighted by molar-refractivity contribution is 0.167. The summed E-state index contributed by atoms with van der Waals surface area (Å²) in [6.07, 6.45) is 0. The molecule has 82 valence electrons. The molecule has 1 atom stereocenters. The summed E-state index contributed by atoms with van der Waals surface area (Å²) in [5, 5.41) is 0.0216. The molecule has 0 aromatic heterocycles. The maximum Gasteiger partial charge on any atom is 0.323 e. The third-order valence-corrected chi connectivity index (χ3v) is 2.79. The smallest absolute Gasteiger partial charge is 0.323 e. The summed E-state index contributed by atoms with van der Waals surface area (Å²) in [4.78, 5) is 11.4. The average Bonchev–Trinajstić information content (AvgIpc) is 2.14. The van der Waals surface area contributed by atoms with E-state index in [1.54, 1.807) is 0 Å². The molecule has 1 unspecified atom stereocenters. The second-order valence-electron chi connectivity index (χ2n) is 4.44. The van der Waals surface area contributed by atoms with Gasteiger partial charge in [0.25, 0.3) is 0 Å². The van der Waals surface area contributed by atoms with E-state index in [4.69, 9.17) is 4.74 Å². The van der Waals surface area contributed by atoms with Gasteiger partial charge in [-0.15, -0.1) is 0 Å². The van der Waals surface area contributed by atoms with Crippen LogP contribution in [0.15, 0.2) is 30.3 Å². The van der Waals surface area contributed by atoms with Crippen LogP contribution in [0.4, 0.5) is 4.79 Å². The minimum atomic E-state index is -0.105. The zero-order valence-electron chi connectivity index (χ0n) is 9.41. The van der Waals surface area contributed by atoms with Gasteiger partial charge in [-0.1, -0.05) is 51.1 Å². The van der Waals surface area contributed by atoms with Gasteiger partial charge in [-0.3, -0.25) is 0 Å². The molecular formula is C12H17O2P. The molecule has 0 aliphatic carbocycles. The van der Waals surface area contributed by atoms with Crippen LogP contribution >= 0.6 is 8.58 Å². The van der Waals surface area contributed by atoms with Crippen LogP contribution in [0.5, 0.6) is 0 Å². The number of carbonyl (C=O) groups excluding carboxylic acids is 1. The van der Waals surface area contributed by atoms with Crippen LogP contribution < -0.4 is 0 Å². The molecule has 0 aliphatic heterocycles. The zero-order chi connectivity index (χ0) is 11.3. The Bertz CT molecular complexity index is 314. The molecule has 2 nitrogen and oxygen atoms in total. The zero-order valence-corrected chi connectivity index (χ0v) is 10.4. The molecule has 1 aromatic rings. The van der Waals surface area contributed by atoms with E-state index in [2.05, 4.69) is 0 Å². The van der Waals surface area contributed by atoms with Crippen LogP contribution in [0.2, 0.25) is 0 Å². The summed E-state index contributed by atoms with van der Waals surface area (Å²) >= 11 is 0. The minimum absolute atomic E-state index is 0.0216. The van der Waals surface area contributed by atoms with Gasteiger partial charge >= 0.3 is 5.71 Å². The van der Waals surface area contributed by atoms with E-state index in [1.165, 1.54) is 0 Å². The Hall–Kier alpha value is -0.880. The van der Waals surface area contributed by atoms with Crippen molar-refractivity contribution in [3.8, 4) is 0 Å². The van der Waals surface area contributed by atoms with Crippen molar-refractivity contribution in [2.24, 2.45) is 0 Å². The van der Waals surface area contributed by atoms with Crippen molar-refractivity contribution in [2.45, 2.75) is 32.5 Å². The number of hydrogen-bond donors (Lipinski definition) is 0. The number of hydrogen-bond acceptors (Lipinski definition) is 2. The summed E-state index contributed by atoms with van der Waals surface area (Å²) in [6.45, 7) is 6.49. The monoisotopic (exact) mass is 224 g/mol. The molecule has 0 fully saturated rings. The number of benzene rings is 1. The standard InChI is InChI=1S/C12H17O2P/c1-12(2,3)15-11(13)14-9-10-7-5-4-6-8-10/h4-8,15H,9H2,1-3H3. The molecule has 0 saturated carbocycles. The highest BCUT2D eigenvalue weighted by Gasteiger charge is 2.16. The number of ether oxygens (including phenoxy) is 1. The van der Waals surface area contributed by atoms with Crippen molar-refractivity contribution in [2.75, 3.05) is 0 Å². The first-order chi connectivity index (χ1) is 6.97. The minimum Gasteiger partial charge on any atom is -0.458 e. The molecule has 3 heteroatoms. The summed E-state index contributed by atoms with van der Waals surface area (Å²) in [5.74, 6) is 0. The maximum atomic E-state index is 11.4. The number of rotatable bonds is 3. The quantitative estimate of drug-likeness (QED) is 0.730. The van der Waals surface area contributed by atoms with Crippen molar-refractivity contribution in [3.63, 3.8) is 0 Å². The fourth-order valence-corrected chi connectivity index (χ4v) is 1.82. The van der Waals surface area contributed by atoms with Gasteiger partial charge in [0.15, 0.2) is 0 Å². The predicted molar refractivity (Wildman–Crippen MR) is 64.7 cm³/mol. The molecule has 0 aliphatic rings. The van der Waals surface area contributed by atoms with E-state index in [0.717, 1.165) is 5.56 Å². The molecule has 0 saturated heterocycles. The molecule has 0 amide bonds. The van der Waals surface area contributed by atoms with E-state index in [0.29, 0.717) is 6.61 Å². The Labute approximate surface area is 92.8 Å². The molecule has 1 rings (SSSR count). The highest BCUT2D eigenvalue weighted by atomic mass is 31.1. The van der Waals surface area contributed by atoms with Crippen molar-refractivity contribution < 1.29 is 9.53 Å². The van der Waals surface area contributed by atoms with Gasteiger partial charge in [0.2, 0.25) is 0 Å². The van der Waals surface area contributed by atoms with Gasteiger partial charge in [-0.25, -0.2) is 4.79 Å². The average molecular weight is 224 g/mol. The van der Waals surface area contributed by atoms with Crippen LogP contribution in [0.25, 0.3) is 0 Å². The lowest BCUT2D eigenvalue weighted by Gasteiger charge is -2.16. The second-order valence-corrected chi connectivity index (χ2v) is 6.59. The van der Waals surface area contributed by atoms with Crippen LogP contribution in [-0.4, -0.2) is 10.9 Å². The number of carbonyl (C=O) groups is 1. The lowest BCUT2D eigenvalue weighted by atomic mass is 10.2. The second kappa shape index (κ2) is 5.27. The largest absolute Gasteiger partial charge is 0.458 e. The van der Waals surface area contributed by atoms with Gasteiger partial charge in [0, 0.05) is 8.58 Å².